The fourth-order valence-corrected chi connectivity index (χ4v) is 4.73. The van der Waals surface area contributed by atoms with Crippen molar-refractivity contribution >= 4 is 26.5 Å². The zero-order chi connectivity index (χ0) is 16.4. The Kier molecular flexibility index (Phi) is 4.70. The van der Waals surface area contributed by atoms with Crippen molar-refractivity contribution in [2.75, 3.05) is 18.0 Å². The minimum Gasteiger partial charge on any atom is -0.344 e. The molecule has 1 aliphatic heterocycles. The van der Waals surface area contributed by atoms with Crippen LogP contribution in [0, 0.1) is 13.8 Å². The SMILES string of the molecule is Cc1ccc(S(=O)(=O)NCC2CCCN2c2nccs2)cc1C. The maximum Gasteiger partial charge on any atom is 0.240 e. The van der Waals surface area contributed by atoms with E-state index in [1.165, 1.54) is 0 Å². The topological polar surface area (TPSA) is 62.3 Å². The Labute approximate surface area is 141 Å². The lowest BCUT2D eigenvalue weighted by molar-refractivity contribution is 0.567. The number of sulfonamides is 1. The first-order valence-electron chi connectivity index (χ1n) is 7.70. The molecule has 23 heavy (non-hydrogen) atoms. The Morgan fingerprint density at radius 2 is 2.17 bits per heavy atom. The lowest BCUT2D eigenvalue weighted by Crippen LogP contribution is -2.40. The number of nitrogens with zero attached hydrogens (tertiary/aromatic N) is 2. The van der Waals surface area contributed by atoms with Crippen LogP contribution in [-0.4, -0.2) is 32.5 Å². The number of hydrogen-bond acceptors (Lipinski definition) is 5. The van der Waals surface area contributed by atoms with E-state index in [1.807, 2.05) is 25.3 Å². The molecule has 1 saturated heterocycles. The highest BCUT2D eigenvalue weighted by Gasteiger charge is 2.28. The van der Waals surface area contributed by atoms with E-state index < -0.39 is 10.0 Å². The van der Waals surface area contributed by atoms with Crippen LogP contribution in [0.5, 0.6) is 0 Å². The average molecular weight is 351 g/mol. The second-order valence-corrected chi connectivity index (χ2v) is 8.54. The Balaban J connectivity index is 1.70. The van der Waals surface area contributed by atoms with Gasteiger partial charge in [-0.1, -0.05) is 6.07 Å². The van der Waals surface area contributed by atoms with Gasteiger partial charge in [-0.3, -0.25) is 0 Å². The van der Waals surface area contributed by atoms with Crippen LogP contribution < -0.4 is 9.62 Å². The number of thiazole rings is 1. The van der Waals surface area contributed by atoms with Crippen LogP contribution in [0.25, 0.3) is 0 Å². The first-order chi connectivity index (χ1) is 11.0. The predicted octanol–water partition coefficient (Wildman–Crippen LogP) is 2.71. The largest absolute Gasteiger partial charge is 0.344 e. The van der Waals surface area contributed by atoms with Crippen molar-refractivity contribution in [1.29, 1.82) is 0 Å². The summed E-state index contributed by atoms with van der Waals surface area (Å²) < 4.78 is 27.8. The summed E-state index contributed by atoms with van der Waals surface area (Å²) in [5, 5.41) is 2.92. The van der Waals surface area contributed by atoms with Crippen LogP contribution in [-0.2, 0) is 10.0 Å². The van der Waals surface area contributed by atoms with Crippen LogP contribution in [0.1, 0.15) is 24.0 Å². The molecule has 0 amide bonds. The van der Waals surface area contributed by atoms with Crippen LogP contribution >= 0.6 is 11.3 Å². The van der Waals surface area contributed by atoms with Crippen molar-refractivity contribution in [3.05, 3.63) is 40.9 Å². The molecular formula is C16H21N3O2S2. The van der Waals surface area contributed by atoms with Crippen LogP contribution in [0.4, 0.5) is 5.13 Å². The van der Waals surface area contributed by atoms with Gasteiger partial charge in [0.05, 0.1) is 4.90 Å². The predicted molar refractivity (Wildman–Crippen MR) is 93.6 cm³/mol. The van der Waals surface area contributed by atoms with E-state index in [1.54, 1.807) is 29.7 Å². The van der Waals surface area contributed by atoms with E-state index in [9.17, 15) is 8.42 Å². The third-order valence-corrected chi connectivity index (χ3v) is 6.57. The van der Waals surface area contributed by atoms with E-state index in [-0.39, 0.29) is 6.04 Å². The van der Waals surface area contributed by atoms with Gasteiger partial charge in [-0.05, 0) is 49.9 Å². The van der Waals surface area contributed by atoms with Crippen LogP contribution in [0.2, 0.25) is 0 Å². The molecule has 0 saturated carbocycles. The molecule has 3 rings (SSSR count). The molecule has 1 aliphatic rings. The Morgan fingerprint density at radius 1 is 1.35 bits per heavy atom. The zero-order valence-electron chi connectivity index (χ0n) is 13.3. The Hall–Kier alpha value is -1.44. The maximum absolute atomic E-state index is 12.5. The van der Waals surface area contributed by atoms with Gasteiger partial charge in [0, 0.05) is 30.7 Å². The van der Waals surface area contributed by atoms with Gasteiger partial charge < -0.3 is 4.90 Å². The maximum atomic E-state index is 12.5. The summed E-state index contributed by atoms with van der Waals surface area (Å²) in [4.78, 5) is 6.87. The van der Waals surface area contributed by atoms with Crippen molar-refractivity contribution in [2.45, 2.75) is 37.6 Å². The Morgan fingerprint density at radius 3 is 2.87 bits per heavy atom. The lowest BCUT2D eigenvalue weighted by Gasteiger charge is -2.24. The molecule has 0 radical (unpaired) electrons. The molecule has 1 aromatic carbocycles. The molecule has 1 fully saturated rings. The molecule has 1 unspecified atom stereocenters. The molecule has 0 aliphatic carbocycles. The second-order valence-electron chi connectivity index (χ2n) is 5.90. The van der Waals surface area contributed by atoms with Crippen molar-refractivity contribution in [1.82, 2.24) is 9.71 Å². The van der Waals surface area contributed by atoms with E-state index in [0.29, 0.717) is 11.4 Å². The van der Waals surface area contributed by atoms with Gasteiger partial charge in [-0.2, -0.15) is 0 Å². The van der Waals surface area contributed by atoms with Gasteiger partial charge in [0.1, 0.15) is 0 Å². The van der Waals surface area contributed by atoms with Gasteiger partial charge in [-0.15, -0.1) is 11.3 Å². The van der Waals surface area contributed by atoms with Crippen molar-refractivity contribution in [2.24, 2.45) is 0 Å². The third-order valence-electron chi connectivity index (χ3n) is 4.34. The highest BCUT2D eigenvalue weighted by atomic mass is 32.2. The fraction of sp³-hybridized carbons (Fsp3) is 0.438. The molecule has 0 spiro atoms. The Bertz CT molecular complexity index is 773. The second kappa shape index (κ2) is 6.59. The molecule has 5 nitrogen and oxygen atoms in total. The summed E-state index contributed by atoms with van der Waals surface area (Å²) in [5.41, 5.74) is 2.08. The number of aryl methyl sites for hydroxylation is 2. The van der Waals surface area contributed by atoms with Gasteiger partial charge in [0.25, 0.3) is 0 Å². The molecule has 1 N–H and O–H groups in total. The van der Waals surface area contributed by atoms with Gasteiger partial charge in [0.2, 0.25) is 10.0 Å². The van der Waals surface area contributed by atoms with Gasteiger partial charge in [-0.25, -0.2) is 18.1 Å². The molecule has 1 aromatic heterocycles. The highest BCUT2D eigenvalue weighted by molar-refractivity contribution is 7.89. The summed E-state index contributed by atoms with van der Waals surface area (Å²) in [6, 6.07) is 5.41. The van der Waals surface area contributed by atoms with Crippen LogP contribution in [0.15, 0.2) is 34.7 Å². The van der Waals surface area contributed by atoms with E-state index >= 15 is 0 Å². The molecule has 2 aromatic rings. The third kappa shape index (κ3) is 3.57. The van der Waals surface area contributed by atoms with Crippen LogP contribution in [0.3, 0.4) is 0 Å². The monoisotopic (exact) mass is 351 g/mol. The van der Waals surface area contributed by atoms with E-state index in [2.05, 4.69) is 14.6 Å². The summed E-state index contributed by atoms with van der Waals surface area (Å²) in [7, 11) is -3.47. The highest BCUT2D eigenvalue weighted by Crippen LogP contribution is 2.27. The number of hydrogen-bond donors (Lipinski definition) is 1. The smallest absolute Gasteiger partial charge is 0.240 e. The summed E-state index contributed by atoms with van der Waals surface area (Å²) in [5.74, 6) is 0. The summed E-state index contributed by atoms with van der Waals surface area (Å²) in [6.45, 7) is 5.25. The van der Waals surface area contributed by atoms with Crippen molar-refractivity contribution < 1.29 is 8.42 Å². The zero-order valence-corrected chi connectivity index (χ0v) is 15.0. The fourth-order valence-electron chi connectivity index (χ4n) is 2.83. The molecule has 2 heterocycles. The number of benzene rings is 1. The van der Waals surface area contributed by atoms with E-state index in [0.717, 1.165) is 35.6 Å². The van der Waals surface area contributed by atoms with Crippen molar-refractivity contribution in [3.8, 4) is 0 Å². The standard InChI is InChI=1S/C16H21N3O2S2/c1-12-5-6-15(10-13(12)2)23(20,21)18-11-14-4-3-8-19(14)16-17-7-9-22-16/h5-7,9-10,14,18H,3-4,8,11H2,1-2H3. The summed E-state index contributed by atoms with van der Waals surface area (Å²) >= 11 is 1.59. The number of anilines is 1. The molecule has 124 valence electrons. The number of rotatable bonds is 5. The first-order valence-corrected chi connectivity index (χ1v) is 10.1. The molecular weight excluding hydrogens is 330 g/mol. The number of aromatic nitrogens is 1. The summed E-state index contributed by atoms with van der Waals surface area (Å²) in [6.07, 6.45) is 3.83. The van der Waals surface area contributed by atoms with Crippen molar-refractivity contribution in [3.63, 3.8) is 0 Å². The van der Waals surface area contributed by atoms with Gasteiger partial charge >= 0.3 is 0 Å². The van der Waals surface area contributed by atoms with Gasteiger partial charge in [0.15, 0.2) is 5.13 Å². The quantitative estimate of drug-likeness (QED) is 0.900. The minimum atomic E-state index is -3.47. The van der Waals surface area contributed by atoms with E-state index in [4.69, 9.17) is 0 Å². The first kappa shape index (κ1) is 16.4. The molecule has 7 heteroatoms. The lowest BCUT2D eigenvalue weighted by atomic mass is 10.1. The molecule has 1 atom stereocenters. The number of nitrogens with one attached hydrogen (secondary N) is 1. The normalized spacial score (nSPS) is 18.5. The average Bonchev–Trinajstić information content (AvgIpc) is 3.18. The molecule has 0 bridgehead atoms. The minimum absolute atomic E-state index is 0.169.